The molecule has 0 amide bonds. The highest BCUT2D eigenvalue weighted by molar-refractivity contribution is 6.23. The topological polar surface area (TPSA) is 37.3 Å². The number of aliphatic carboxylic acids is 1. The van der Waals surface area contributed by atoms with Gasteiger partial charge >= 0.3 is 5.97 Å². The third-order valence-electron chi connectivity index (χ3n) is 7.61. The van der Waals surface area contributed by atoms with Gasteiger partial charge in [-0.05, 0) is 82.8 Å². The molecule has 0 atom stereocenters. The van der Waals surface area contributed by atoms with Gasteiger partial charge in [-0.1, -0.05) is 112 Å². The van der Waals surface area contributed by atoms with E-state index in [-0.39, 0.29) is 0 Å². The van der Waals surface area contributed by atoms with Gasteiger partial charge in [0.1, 0.15) is 0 Å². The molecule has 0 bridgehead atoms. The van der Waals surface area contributed by atoms with Crippen molar-refractivity contribution in [2.75, 3.05) is 0 Å². The maximum Gasteiger partial charge on any atom is 0.303 e. The van der Waals surface area contributed by atoms with E-state index in [9.17, 15) is 4.79 Å². The van der Waals surface area contributed by atoms with E-state index in [1.807, 2.05) is 0 Å². The smallest absolute Gasteiger partial charge is 0.303 e. The summed E-state index contributed by atoms with van der Waals surface area (Å²) in [5, 5.41) is 17.0. The van der Waals surface area contributed by atoms with Gasteiger partial charge in [-0.2, -0.15) is 0 Å². The zero-order valence-electron chi connectivity index (χ0n) is 21.8. The molecule has 0 aromatic heterocycles. The molecule has 0 aliphatic heterocycles. The minimum Gasteiger partial charge on any atom is -0.481 e. The Morgan fingerprint density at radius 3 is 1.78 bits per heavy atom. The van der Waals surface area contributed by atoms with Crippen LogP contribution in [0.4, 0.5) is 0 Å². The SMILES string of the molecule is O=C(O)CCCCCCC/C=C\CCCCCCCCc1ccc2ccc3cccc4ccc1c2c34. The summed E-state index contributed by atoms with van der Waals surface area (Å²) in [6.45, 7) is 0. The van der Waals surface area contributed by atoms with E-state index in [0.717, 1.165) is 19.3 Å². The Morgan fingerprint density at radius 1 is 0.583 bits per heavy atom. The van der Waals surface area contributed by atoms with Gasteiger partial charge in [0.25, 0.3) is 0 Å². The molecule has 0 radical (unpaired) electrons. The monoisotopic (exact) mass is 482 g/mol. The Bertz CT molecular complexity index is 1240. The van der Waals surface area contributed by atoms with Crippen molar-refractivity contribution in [1.82, 2.24) is 0 Å². The lowest BCUT2D eigenvalue weighted by atomic mass is 9.90. The number of allylic oxidation sites excluding steroid dienone is 2. The molecule has 2 heteroatoms. The van der Waals surface area contributed by atoms with Crippen LogP contribution in [-0.4, -0.2) is 11.1 Å². The number of carboxylic acids is 1. The molecule has 2 nitrogen and oxygen atoms in total. The quantitative estimate of drug-likeness (QED) is 0.0923. The van der Waals surface area contributed by atoms with Crippen LogP contribution in [0.25, 0.3) is 32.3 Å². The minimum atomic E-state index is -0.669. The van der Waals surface area contributed by atoms with Crippen molar-refractivity contribution < 1.29 is 9.90 Å². The van der Waals surface area contributed by atoms with E-state index >= 15 is 0 Å². The highest BCUT2D eigenvalue weighted by atomic mass is 16.4. The number of hydrogen-bond acceptors (Lipinski definition) is 1. The lowest BCUT2D eigenvalue weighted by Crippen LogP contribution is -1.93. The Morgan fingerprint density at radius 2 is 1.11 bits per heavy atom. The van der Waals surface area contributed by atoms with Gasteiger partial charge in [-0.15, -0.1) is 0 Å². The fourth-order valence-corrected chi connectivity index (χ4v) is 5.60. The Labute approximate surface area is 216 Å². The summed E-state index contributed by atoms with van der Waals surface area (Å²) in [4.78, 5) is 10.5. The number of carbonyl (C=O) groups is 1. The molecular formula is C34H42O2. The van der Waals surface area contributed by atoms with Gasteiger partial charge in [0.05, 0.1) is 0 Å². The Balaban J connectivity index is 1.08. The van der Waals surface area contributed by atoms with Crippen molar-refractivity contribution in [3.05, 3.63) is 72.3 Å². The number of unbranched alkanes of at least 4 members (excludes halogenated alkanes) is 11. The first-order valence-electron chi connectivity index (χ1n) is 14.3. The van der Waals surface area contributed by atoms with E-state index < -0.39 is 5.97 Å². The Kier molecular flexibility index (Phi) is 10.2. The molecule has 0 saturated carbocycles. The van der Waals surface area contributed by atoms with E-state index in [1.165, 1.54) is 109 Å². The normalized spacial score (nSPS) is 12.0. The van der Waals surface area contributed by atoms with Crippen LogP contribution in [0.2, 0.25) is 0 Å². The third kappa shape index (κ3) is 7.32. The molecule has 4 aromatic carbocycles. The van der Waals surface area contributed by atoms with Crippen molar-refractivity contribution in [3.8, 4) is 0 Å². The summed E-state index contributed by atoms with van der Waals surface area (Å²) < 4.78 is 0. The fourth-order valence-electron chi connectivity index (χ4n) is 5.60. The molecule has 0 fully saturated rings. The van der Waals surface area contributed by atoms with E-state index in [2.05, 4.69) is 66.7 Å². The van der Waals surface area contributed by atoms with Gasteiger partial charge in [0.2, 0.25) is 0 Å². The van der Waals surface area contributed by atoms with Gasteiger partial charge in [0.15, 0.2) is 0 Å². The molecule has 36 heavy (non-hydrogen) atoms. The highest BCUT2D eigenvalue weighted by Gasteiger charge is 2.10. The van der Waals surface area contributed by atoms with Gasteiger partial charge in [0, 0.05) is 6.42 Å². The molecule has 1 N–H and O–H groups in total. The van der Waals surface area contributed by atoms with E-state index in [1.54, 1.807) is 0 Å². The van der Waals surface area contributed by atoms with E-state index in [4.69, 9.17) is 5.11 Å². The first-order chi connectivity index (χ1) is 17.7. The maximum absolute atomic E-state index is 10.5. The Hall–Kier alpha value is -2.87. The second-order valence-electron chi connectivity index (χ2n) is 10.4. The largest absolute Gasteiger partial charge is 0.481 e. The zero-order chi connectivity index (χ0) is 25.0. The molecule has 4 rings (SSSR count). The van der Waals surface area contributed by atoms with Crippen molar-refractivity contribution in [2.45, 2.75) is 96.3 Å². The fraction of sp³-hybridized carbons (Fsp3) is 0.441. The second kappa shape index (κ2) is 14.0. The third-order valence-corrected chi connectivity index (χ3v) is 7.61. The number of aryl methyl sites for hydroxylation is 1. The van der Waals surface area contributed by atoms with Crippen LogP contribution >= 0.6 is 0 Å². The minimum absolute atomic E-state index is 0.321. The predicted octanol–water partition coefficient (Wildman–Crippen LogP) is 10.2. The van der Waals surface area contributed by atoms with Crippen LogP contribution in [0, 0.1) is 0 Å². The average Bonchev–Trinajstić information content (AvgIpc) is 2.89. The summed E-state index contributed by atoms with van der Waals surface area (Å²) in [5.74, 6) is -0.669. The van der Waals surface area contributed by atoms with Crippen molar-refractivity contribution in [1.29, 1.82) is 0 Å². The average molecular weight is 483 g/mol. The molecule has 4 aromatic rings. The number of hydrogen-bond donors (Lipinski definition) is 1. The van der Waals surface area contributed by atoms with Gasteiger partial charge < -0.3 is 5.11 Å². The maximum atomic E-state index is 10.5. The van der Waals surface area contributed by atoms with Crippen LogP contribution in [0.1, 0.15) is 95.5 Å². The molecule has 0 spiro atoms. The lowest BCUT2D eigenvalue weighted by Gasteiger charge is -2.14. The number of rotatable bonds is 17. The first-order valence-corrected chi connectivity index (χ1v) is 14.3. The summed E-state index contributed by atoms with van der Waals surface area (Å²) >= 11 is 0. The van der Waals surface area contributed by atoms with Crippen molar-refractivity contribution in [3.63, 3.8) is 0 Å². The first kappa shape index (κ1) is 26.2. The predicted molar refractivity (Wildman–Crippen MR) is 155 cm³/mol. The van der Waals surface area contributed by atoms with Crippen LogP contribution in [0.3, 0.4) is 0 Å². The van der Waals surface area contributed by atoms with Gasteiger partial charge in [-0.25, -0.2) is 0 Å². The second-order valence-corrected chi connectivity index (χ2v) is 10.4. The molecule has 0 aliphatic carbocycles. The molecule has 0 heterocycles. The number of benzene rings is 4. The molecule has 190 valence electrons. The number of carboxylic acid groups (broad SMARTS) is 1. The highest BCUT2D eigenvalue weighted by Crippen LogP contribution is 2.36. The zero-order valence-corrected chi connectivity index (χ0v) is 21.8. The van der Waals surface area contributed by atoms with Crippen LogP contribution in [0.15, 0.2) is 66.7 Å². The standard InChI is InChI=1S/C34H42O2/c35-32(36)20-15-13-11-9-7-5-3-1-2-4-6-8-10-12-14-17-27-21-22-30-24-23-28-18-16-19-29-25-26-31(27)34(30)33(28)29/h1,3,16,18-19,21-26H,2,4-15,17,20H2,(H,35,36)/b3-1-. The molecular weight excluding hydrogens is 440 g/mol. The van der Waals surface area contributed by atoms with E-state index in [0.29, 0.717) is 6.42 Å². The summed E-state index contributed by atoms with van der Waals surface area (Å²) in [6.07, 6.45) is 22.0. The molecule has 0 saturated heterocycles. The van der Waals surface area contributed by atoms with Crippen LogP contribution in [-0.2, 0) is 11.2 Å². The van der Waals surface area contributed by atoms with Crippen molar-refractivity contribution in [2.24, 2.45) is 0 Å². The summed E-state index contributed by atoms with van der Waals surface area (Å²) in [7, 11) is 0. The summed E-state index contributed by atoms with van der Waals surface area (Å²) in [5.41, 5.74) is 1.51. The van der Waals surface area contributed by atoms with Crippen LogP contribution < -0.4 is 0 Å². The van der Waals surface area contributed by atoms with Crippen molar-refractivity contribution >= 4 is 38.3 Å². The van der Waals surface area contributed by atoms with Gasteiger partial charge in [-0.3, -0.25) is 4.79 Å². The van der Waals surface area contributed by atoms with Crippen LogP contribution in [0.5, 0.6) is 0 Å². The molecule has 0 aliphatic rings. The summed E-state index contributed by atoms with van der Waals surface area (Å²) in [6, 6.07) is 20.5. The molecule has 0 unspecified atom stereocenters. The lowest BCUT2D eigenvalue weighted by molar-refractivity contribution is -0.137.